The van der Waals surface area contributed by atoms with Crippen molar-refractivity contribution in [3.05, 3.63) is 170 Å². The normalized spacial score (nSPS) is 11.6. The fourth-order valence-electron chi connectivity index (χ4n) is 7.09. The molecular weight excluding hydrogens is 629 g/mol. The molecule has 50 heavy (non-hydrogen) atoms. The molecule has 10 rings (SSSR count). The van der Waals surface area contributed by atoms with Crippen LogP contribution in [0.5, 0.6) is 0 Å². The molecule has 0 fully saturated rings. The van der Waals surface area contributed by atoms with Crippen molar-refractivity contribution in [1.29, 1.82) is 0 Å². The highest BCUT2D eigenvalue weighted by atomic mass is 32.1. The zero-order valence-electron chi connectivity index (χ0n) is 26.9. The first-order valence-electron chi connectivity index (χ1n) is 16.7. The van der Waals surface area contributed by atoms with Crippen LogP contribution < -0.4 is 0 Å². The summed E-state index contributed by atoms with van der Waals surface area (Å²) in [5.74, 6) is 1.86. The van der Waals surface area contributed by atoms with Crippen molar-refractivity contribution in [1.82, 2.24) is 19.5 Å². The zero-order valence-corrected chi connectivity index (χ0v) is 27.7. The highest BCUT2D eigenvalue weighted by molar-refractivity contribution is 7.26. The predicted octanol–water partition coefficient (Wildman–Crippen LogP) is 12.0. The summed E-state index contributed by atoms with van der Waals surface area (Å²) in [5.41, 5.74) is 8.77. The lowest BCUT2D eigenvalue weighted by Gasteiger charge is -2.12. The van der Waals surface area contributed by atoms with Crippen LogP contribution in [0, 0.1) is 0 Å². The van der Waals surface area contributed by atoms with Crippen LogP contribution >= 0.6 is 11.3 Å². The van der Waals surface area contributed by atoms with Crippen molar-refractivity contribution in [2.75, 3.05) is 0 Å². The third kappa shape index (κ3) is 4.71. The van der Waals surface area contributed by atoms with Crippen molar-refractivity contribution >= 4 is 53.3 Å². The van der Waals surface area contributed by atoms with Crippen LogP contribution in [0.15, 0.2) is 170 Å². The van der Waals surface area contributed by atoms with E-state index in [1.54, 1.807) is 0 Å². The molecule has 0 radical (unpaired) electrons. The summed E-state index contributed by atoms with van der Waals surface area (Å²) in [4.78, 5) is 15.5. The SMILES string of the molecule is c1ccc(-c2ccc(-c3nc(-c4ccccc4)nc(-n4c5ccccc5c5ccc6sc7ccc(-c8ccccc8)cc7c6c54)n3)cc2)cc1. The molecule has 234 valence electrons. The van der Waals surface area contributed by atoms with Gasteiger partial charge in [0.15, 0.2) is 11.6 Å². The molecule has 0 saturated heterocycles. The quantitative estimate of drug-likeness (QED) is 0.185. The van der Waals surface area contributed by atoms with E-state index in [1.165, 1.54) is 47.6 Å². The Labute approximate surface area is 292 Å². The maximum atomic E-state index is 5.25. The van der Waals surface area contributed by atoms with Gasteiger partial charge in [0.05, 0.1) is 11.0 Å². The van der Waals surface area contributed by atoms with Gasteiger partial charge in [0.2, 0.25) is 5.95 Å². The van der Waals surface area contributed by atoms with Crippen LogP contribution in [0.3, 0.4) is 0 Å². The van der Waals surface area contributed by atoms with E-state index in [2.05, 4.69) is 150 Å². The van der Waals surface area contributed by atoms with Gasteiger partial charge in [-0.15, -0.1) is 11.3 Å². The number of aromatic nitrogens is 4. The molecule has 0 N–H and O–H groups in total. The maximum Gasteiger partial charge on any atom is 0.238 e. The van der Waals surface area contributed by atoms with Gasteiger partial charge in [0.25, 0.3) is 0 Å². The summed E-state index contributed by atoms with van der Waals surface area (Å²) in [5, 5.41) is 4.79. The average Bonchev–Trinajstić information content (AvgIpc) is 3.74. The monoisotopic (exact) mass is 656 g/mol. The van der Waals surface area contributed by atoms with E-state index in [1.807, 2.05) is 35.6 Å². The number of fused-ring (bicyclic) bond motifs is 7. The van der Waals surface area contributed by atoms with E-state index in [-0.39, 0.29) is 0 Å². The van der Waals surface area contributed by atoms with Crippen LogP contribution in [-0.4, -0.2) is 19.5 Å². The standard InChI is InChI=1S/C45H28N4S/c1-4-12-29(13-5-1)31-20-22-33(23-21-31)44-46-43(32-16-8-3-9-17-32)47-45(48-44)49-38-19-11-10-18-35(38)36-25-27-40-41(42(36)49)37-28-34(24-26-39(37)50-40)30-14-6-2-7-15-30/h1-28H. The summed E-state index contributed by atoms with van der Waals surface area (Å²) in [7, 11) is 0. The minimum atomic E-state index is 0.596. The first-order chi connectivity index (χ1) is 24.8. The van der Waals surface area contributed by atoms with E-state index in [0.29, 0.717) is 17.6 Å². The number of nitrogens with zero attached hydrogens (tertiary/aromatic N) is 4. The second-order valence-electron chi connectivity index (χ2n) is 12.5. The third-order valence-electron chi connectivity index (χ3n) is 9.48. The molecule has 4 nitrogen and oxygen atoms in total. The predicted molar refractivity (Wildman–Crippen MR) is 209 cm³/mol. The zero-order chi connectivity index (χ0) is 33.0. The summed E-state index contributed by atoms with van der Waals surface area (Å²) in [6.45, 7) is 0. The van der Waals surface area contributed by atoms with Crippen LogP contribution in [-0.2, 0) is 0 Å². The van der Waals surface area contributed by atoms with Gasteiger partial charge in [0, 0.05) is 42.1 Å². The third-order valence-corrected chi connectivity index (χ3v) is 10.6. The molecular formula is C45H28N4S. The van der Waals surface area contributed by atoms with Crippen LogP contribution in [0.1, 0.15) is 0 Å². The maximum absolute atomic E-state index is 5.25. The van der Waals surface area contributed by atoms with Gasteiger partial charge >= 0.3 is 0 Å². The van der Waals surface area contributed by atoms with Gasteiger partial charge in [-0.1, -0.05) is 146 Å². The molecule has 0 unspecified atom stereocenters. The van der Waals surface area contributed by atoms with Crippen molar-refractivity contribution < 1.29 is 0 Å². The smallest absolute Gasteiger partial charge is 0.238 e. The van der Waals surface area contributed by atoms with Crippen LogP contribution in [0.2, 0.25) is 0 Å². The number of hydrogen-bond acceptors (Lipinski definition) is 4. The Hall–Kier alpha value is -6.43. The molecule has 0 spiro atoms. The highest BCUT2D eigenvalue weighted by Crippen LogP contribution is 2.44. The lowest BCUT2D eigenvalue weighted by Crippen LogP contribution is -2.06. The van der Waals surface area contributed by atoms with Gasteiger partial charge in [-0.2, -0.15) is 9.97 Å². The Bertz CT molecular complexity index is 2840. The van der Waals surface area contributed by atoms with Crippen molar-refractivity contribution in [3.8, 4) is 51.0 Å². The minimum absolute atomic E-state index is 0.596. The molecule has 10 aromatic rings. The largest absolute Gasteiger partial charge is 0.277 e. The number of hydrogen-bond donors (Lipinski definition) is 0. The molecule has 0 atom stereocenters. The number of para-hydroxylation sites is 1. The molecule has 3 aromatic heterocycles. The molecule has 0 saturated carbocycles. The molecule has 0 amide bonds. The minimum Gasteiger partial charge on any atom is -0.277 e. The molecule has 7 aromatic carbocycles. The van der Waals surface area contributed by atoms with E-state index in [9.17, 15) is 0 Å². The summed E-state index contributed by atoms with van der Waals surface area (Å²) >= 11 is 1.83. The van der Waals surface area contributed by atoms with Crippen LogP contribution in [0.25, 0.3) is 93.0 Å². The van der Waals surface area contributed by atoms with Crippen LogP contribution in [0.4, 0.5) is 0 Å². The van der Waals surface area contributed by atoms with E-state index >= 15 is 0 Å². The molecule has 0 aliphatic carbocycles. The lowest BCUT2D eigenvalue weighted by atomic mass is 10.0. The fourth-order valence-corrected chi connectivity index (χ4v) is 8.18. The van der Waals surface area contributed by atoms with Crippen molar-refractivity contribution in [2.45, 2.75) is 0 Å². The average molecular weight is 657 g/mol. The second kappa shape index (κ2) is 11.6. The molecule has 0 bridgehead atoms. The van der Waals surface area contributed by atoms with E-state index in [0.717, 1.165) is 27.7 Å². The highest BCUT2D eigenvalue weighted by Gasteiger charge is 2.21. The topological polar surface area (TPSA) is 43.6 Å². The van der Waals surface area contributed by atoms with Crippen molar-refractivity contribution in [2.24, 2.45) is 0 Å². The van der Waals surface area contributed by atoms with Crippen molar-refractivity contribution in [3.63, 3.8) is 0 Å². The molecule has 5 heteroatoms. The second-order valence-corrected chi connectivity index (χ2v) is 13.5. The Morgan fingerprint density at radius 3 is 1.60 bits per heavy atom. The lowest BCUT2D eigenvalue weighted by molar-refractivity contribution is 0.955. The molecule has 0 aliphatic heterocycles. The molecule has 3 heterocycles. The Kier molecular flexibility index (Phi) is 6.64. The Morgan fingerprint density at radius 1 is 0.380 bits per heavy atom. The molecule has 0 aliphatic rings. The number of thiophene rings is 1. The summed E-state index contributed by atoms with van der Waals surface area (Å²) in [6, 6.07) is 59.6. The number of benzene rings is 7. The summed E-state index contributed by atoms with van der Waals surface area (Å²) < 4.78 is 4.74. The van der Waals surface area contributed by atoms with E-state index in [4.69, 9.17) is 15.0 Å². The Balaban J connectivity index is 1.26. The fraction of sp³-hybridized carbons (Fsp3) is 0. The van der Waals surface area contributed by atoms with Gasteiger partial charge in [-0.25, -0.2) is 4.98 Å². The first-order valence-corrected chi connectivity index (χ1v) is 17.5. The van der Waals surface area contributed by atoms with Gasteiger partial charge in [0.1, 0.15) is 0 Å². The van der Waals surface area contributed by atoms with Gasteiger partial charge < -0.3 is 0 Å². The number of rotatable bonds is 5. The van der Waals surface area contributed by atoms with Gasteiger partial charge in [-0.05, 0) is 46.5 Å². The summed E-state index contributed by atoms with van der Waals surface area (Å²) in [6.07, 6.45) is 0. The first kappa shape index (κ1) is 28.6. The van der Waals surface area contributed by atoms with Gasteiger partial charge in [-0.3, -0.25) is 4.57 Å². The van der Waals surface area contributed by atoms with E-state index < -0.39 is 0 Å². The Morgan fingerprint density at radius 2 is 0.900 bits per heavy atom.